The Morgan fingerprint density at radius 3 is 2.85 bits per heavy atom. The molecule has 6 rings (SSSR count). The SMILES string of the molecule is CC1(C)Oc2ccc(Nc3nc(N[C@@H]4[C@H](C(N)=O)[C@@H]5C=C[C@@H]4C5)c4occc4n3)cc2NC1=O. The van der Waals surface area contributed by atoms with Gasteiger partial charge in [0.05, 0.1) is 17.9 Å². The fraction of sp³-hybridized carbons (Fsp3) is 0.333. The summed E-state index contributed by atoms with van der Waals surface area (Å²) in [5, 5.41) is 9.47. The lowest BCUT2D eigenvalue weighted by Gasteiger charge is -2.31. The number of allylic oxidation sites excluding steroid dienone is 1. The van der Waals surface area contributed by atoms with Gasteiger partial charge in [-0.3, -0.25) is 9.59 Å². The average Bonchev–Trinajstić information content (AvgIpc) is 3.51. The molecule has 3 heterocycles. The van der Waals surface area contributed by atoms with Gasteiger partial charge in [-0.05, 0) is 50.3 Å². The summed E-state index contributed by atoms with van der Waals surface area (Å²) in [6.45, 7) is 3.43. The van der Waals surface area contributed by atoms with Gasteiger partial charge in [-0.15, -0.1) is 0 Å². The highest BCUT2D eigenvalue weighted by atomic mass is 16.5. The highest BCUT2D eigenvalue weighted by molar-refractivity contribution is 6.00. The summed E-state index contributed by atoms with van der Waals surface area (Å²) in [7, 11) is 0. The molecule has 3 aliphatic rings. The van der Waals surface area contributed by atoms with Crippen molar-refractivity contribution in [3.63, 3.8) is 0 Å². The predicted octanol–water partition coefficient (Wildman–Crippen LogP) is 3.16. The minimum absolute atomic E-state index is 0.143. The number of fused-ring (bicyclic) bond motifs is 4. The van der Waals surface area contributed by atoms with Gasteiger partial charge in [0.25, 0.3) is 5.91 Å². The molecule has 0 unspecified atom stereocenters. The van der Waals surface area contributed by atoms with Crippen molar-refractivity contribution in [3.8, 4) is 5.75 Å². The van der Waals surface area contributed by atoms with Crippen molar-refractivity contribution in [2.75, 3.05) is 16.0 Å². The Morgan fingerprint density at radius 1 is 1.21 bits per heavy atom. The highest BCUT2D eigenvalue weighted by Crippen LogP contribution is 2.45. The quantitative estimate of drug-likeness (QED) is 0.425. The van der Waals surface area contributed by atoms with E-state index in [2.05, 4.69) is 38.1 Å². The van der Waals surface area contributed by atoms with E-state index in [9.17, 15) is 9.59 Å². The zero-order chi connectivity index (χ0) is 23.6. The number of primary amides is 1. The number of amides is 2. The first kappa shape index (κ1) is 20.5. The Labute approximate surface area is 195 Å². The third-order valence-corrected chi connectivity index (χ3v) is 6.79. The number of nitrogens with zero attached hydrogens (tertiary/aromatic N) is 2. The van der Waals surface area contributed by atoms with Gasteiger partial charge < -0.3 is 30.8 Å². The lowest BCUT2D eigenvalue weighted by atomic mass is 9.88. The van der Waals surface area contributed by atoms with E-state index in [1.165, 1.54) is 0 Å². The smallest absolute Gasteiger partial charge is 0.268 e. The Bertz CT molecular complexity index is 1360. The van der Waals surface area contributed by atoms with Gasteiger partial charge in [0.1, 0.15) is 11.3 Å². The highest BCUT2D eigenvalue weighted by Gasteiger charge is 2.47. The molecular weight excluding hydrogens is 436 g/mol. The largest absolute Gasteiger partial charge is 0.476 e. The molecule has 3 aromatic rings. The molecule has 174 valence electrons. The van der Waals surface area contributed by atoms with Gasteiger partial charge >= 0.3 is 0 Å². The third kappa shape index (κ3) is 3.25. The summed E-state index contributed by atoms with van der Waals surface area (Å²) in [4.78, 5) is 33.6. The Morgan fingerprint density at radius 2 is 2.03 bits per heavy atom. The van der Waals surface area contributed by atoms with E-state index >= 15 is 0 Å². The summed E-state index contributed by atoms with van der Waals surface area (Å²) in [5.74, 6) is 0.921. The van der Waals surface area contributed by atoms with E-state index in [1.54, 1.807) is 38.3 Å². The van der Waals surface area contributed by atoms with E-state index in [0.717, 1.165) is 6.42 Å². The second-order valence-corrected chi connectivity index (χ2v) is 9.48. The monoisotopic (exact) mass is 460 g/mol. The summed E-state index contributed by atoms with van der Waals surface area (Å²) >= 11 is 0. The third-order valence-electron chi connectivity index (χ3n) is 6.79. The van der Waals surface area contributed by atoms with Crippen molar-refractivity contribution in [2.24, 2.45) is 23.5 Å². The van der Waals surface area contributed by atoms with Crippen molar-refractivity contribution in [2.45, 2.75) is 31.9 Å². The second kappa shape index (κ2) is 7.21. The molecule has 1 aromatic carbocycles. The lowest BCUT2D eigenvalue weighted by Crippen LogP contribution is -2.45. The molecule has 2 bridgehead atoms. The van der Waals surface area contributed by atoms with Crippen molar-refractivity contribution in [3.05, 3.63) is 42.7 Å². The normalized spacial score (nSPS) is 26.1. The van der Waals surface area contributed by atoms with Crippen molar-refractivity contribution >= 4 is 46.1 Å². The van der Waals surface area contributed by atoms with Crippen LogP contribution in [0.3, 0.4) is 0 Å². The van der Waals surface area contributed by atoms with Crippen LogP contribution in [0.1, 0.15) is 20.3 Å². The number of aromatic nitrogens is 2. The molecule has 10 heteroatoms. The van der Waals surface area contributed by atoms with E-state index in [4.69, 9.17) is 14.9 Å². The van der Waals surface area contributed by atoms with Crippen LogP contribution in [0, 0.1) is 17.8 Å². The molecule has 1 saturated carbocycles. The molecule has 0 spiro atoms. The van der Waals surface area contributed by atoms with E-state index in [0.29, 0.717) is 40.0 Å². The first-order valence-corrected chi connectivity index (χ1v) is 11.2. The predicted molar refractivity (Wildman–Crippen MR) is 126 cm³/mol. The number of benzene rings is 1. The molecule has 2 aliphatic carbocycles. The van der Waals surface area contributed by atoms with Crippen LogP contribution in [-0.4, -0.2) is 33.4 Å². The molecule has 34 heavy (non-hydrogen) atoms. The van der Waals surface area contributed by atoms with Crippen molar-refractivity contribution in [1.29, 1.82) is 0 Å². The van der Waals surface area contributed by atoms with Crippen LogP contribution in [0.2, 0.25) is 0 Å². The van der Waals surface area contributed by atoms with Gasteiger partial charge in [-0.1, -0.05) is 12.2 Å². The number of ether oxygens (including phenoxy) is 1. The maximum absolute atomic E-state index is 12.3. The number of nitrogens with one attached hydrogen (secondary N) is 3. The van der Waals surface area contributed by atoms with Gasteiger partial charge in [-0.2, -0.15) is 4.98 Å². The number of carbonyl (C=O) groups excluding carboxylic acids is 2. The van der Waals surface area contributed by atoms with Gasteiger partial charge in [0.15, 0.2) is 17.0 Å². The van der Waals surface area contributed by atoms with Crippen molar-refractivity contribution in [1.82, 2.24) is 9.97 Å². The average molecular weight is 460 g/mol. The van der Waals surface area contributed by atoms with Crippen LogP contribution >= 0.6 is 0 Å². The molecule has 2 aromatic heterocycles. The maximum atomic E-state index is 12.3. The molecule has 10 nitrogen and oxygen atoms in total. The maximum Gasteiger partial charge on any atom is 0.268 e. The first-order valence-electron chi connectivity index (χ1n) is 11.2. The molecule has 5 N–H and O–H groups in total. The summed E-state index contributed by atoms with van der Waals surface area (Å²) in [6, 6.07) is 6.97. The standard InChI is InChI=1S/C24H24N6O4/c1-24(2)22(32)27-15-10-13(5-6-16(15)34-24)26-23-28-14-7-8-33-19(14)21(30-23)29-18-12-4-3-11(9-12)17(18)20(25)31/h3-8,10-12,17-18H,9H2,1-2H3,(H2,25,31)(H,27,32)(H2,26,28,29,30)/t11-,12-,17-,18+/m1/s1. The number of anilines is 4. The molecule has 4 atom stereocenters. The van der Waals surface area contributed by atoms with Crippen LogP contribution in [0.5, 0.6) is 5.75 Å². The number of carbonyl (C=O) groups is 2. The van der Waals surface area contributed by atoms with Crippen LogP contribution in [0.25, 0.3) is 11.1 Å². The van der Waals surface area contributed by atoms with Gasteiger partial charge in [0.2, 0.25) is 11.9 Å². The minimum Gasteiger partial charge on any atom is -0.476 e. The number of hydrogen-bond donors (Lipinski definition) is 4. The summed E-state index contributed by atoms with van der Waals surface area (Å²) in [5.41, 5.74) is 7.14. The van der Waals surface area contributed by atoms with Crippen LogP contribution in [0.4, 0.5) is 23.1 Å². The zero-order valence-corrected chi connectivity index (χ0v) is 18.7. The van der Waals surface area contributed by atoms with Gasteiger partial charge in [-0.25, -0.2) is 4.98 Å². The number of rotatable bonds is 5. The fourth-order valence-corrected chi connectivity index (χ4v) is 5.10. The molecule has 1 fully saturated rings. The van der Waals surface area contributed by atoms with Crippen LogP contribution < -0.4 is 26.4 Å². The van der Waals surface area contributed by atoms with Crippen LogP contribution in [0.15, 0.2) is 47.1 Å². The minimum atomic E-state index is -0.935. The summed E-state index contributed by atoms with van der Waals surface area (Å²) in [6.07, 6.45) is 6.65. The van der Waals surface area contributed by atoms with E-state index < -0.39 is 5.60 Å². The van der Waals surface area contributed by atoms with Crippen LogP contribution in [-0.2, 0) is 9.59 Å². The molecule has 1 aliphatic heterocycles. The Balaban J connectivity index is 1.30. The second-order valence-electron chi connectivity index (χ2n) is 9.48. The fourth-order valence-electron chi connectivity index (χ4n) is 5.10. The van der Waals surface area contributed by atoms with Gasteiger partial charge in [0, 0.05) is 17.8 Å². The first-order chi connectivity index (χ1) is 16.3. The van der Waals surface area contributed by atoms with E-state index in [1.807, 2.05) is 6.07 Å². The molecule has 2 amide bonds. The topological polar surface area (TPSA) is 144 Å². The summed E-state index contributed by atoms with van der Waals surface area (Å²) < 4.78 is 11.4. The zero-order valence-electron chi connectivity index (χ0n) is 18.7. The number of hydrogen-bond acceptors (Lipinski definition) is 8. The molecular formula is C24H24N6O4. The van der Waals surface area contributed by atoms with E-state index in [-0.39, 0.29) is 35.6 Å². The Kier molecular flexibility index (Phi) is 4.35. The van der Waals surface area contributed by atoms with Crippen molar-refractivity contribution < 1.29 is 18.7 Å². The molecule has 0 saturated heterocycles. The lowest BCUT2D eigenvalue weighted by molar-refractivity contribution is -0.129. The number of furan rings is 1. The Hall–Kier alpha value is -4.08. The number of nitrogens with two attached hydrogens (primary N) is 1. The molecule has 0 radical (unpaired) electrons.